The number of likely N-dealkylation sites (tertiary alicyclic amines) is 1. The molecule has 25 heavy (non-hydrogen) atoms. The SMILES string of the molecule is CN(C)S(=O)(=O)[C@@H]1CN(Cc2ccc3cn[nH]c3c2)C[C@H]1C(F)(F)F. The van der Waals surface area contributed by atoms with Crippen molar-refractivity contribution in [1.29, 1.82) is 0 Å². The number of benzene rings is 1. The quantitative estimate of drug-likeness (QED) is 0.884. The number of nitrogens with one attached hydrogen (secondary N) is 1. The summed E-state index contributed by atoms with van der Waals surface area (Å²) in [5.74, 6) is -1.89. The van der Waals surface area contributed by atoms with Crippen LogP contribution in [0.15, 0.2) is 24.4 Å². The van der Waals surface area contributed by atoms with E-state index in [1.54, 1.807) is 11.1 Å². The molecule has 138 valence electrons. The molecule has 2 heterocycles. The summed E-state index contributed by atoms with van der Waals surface area (Å²) in [7, 11) is -1.48. The number of hydrogen-bond acceptors (Lipinski definition) is 4. The third kappa shape index (κ3) is 3.51. The van der Waals surface area contributed by atoms with Crippen LogP contribution < -0.4 is 0 Å². The summed E-state index contributed by atoms with van der Waals surface area (Å²) in [6, 6.07) is 5.46. The lowest BCUT2D eigenvalue weighted by molar-refractivity contribution is -0.169. The second kappa shape index (κ2) is 6.26. The number of aromatic nitrogens is 2. The van der Waals surface area contributed by atoms with Gasteiger partial charge in [-0.2, -0.15) is 18.3 Å². The first-order valence-electron chi connectivity index (χ1n) is 7.71. The Morgan fingerprint density at radius 3 is 2.68 bits per heavy atom. The Bertz CT molecular complexity index is 863. The first-order valence-corrected chi connectivity index (χ1v) is 9.22. The molecule has 1 aliphatic heterocycles. The van der Waals surface area contributed by atoms with Crippen molar-refractivity contribution in [2.45, 2.75) is 18.0 Å². The van der Waals surface area contributed by atoms with E-state index in [4.69, 9.17) is 0 Å². The van der Waals surface area contributed by atoms with Crippen LogP contribution >= 0.6 is 0 Å². The molecule has 3 rings (SSSR count). The van der Waals surface area contributed by atoms with Crippen LogP contribution in [0, 0.1) is 5.92 Å². The van der Waals surface area contributed by atoms with E-state index in [1.165, 1.54) is 14.1 Å². The molecule has 0 amide bonds. The zero-order chi connectivity index (χ0) is 18.4. The topological polar surface area (TPSA) is 69.3 Å². The number of halogens is 3. The van der Waals surface area contributed by atoms with E-state index in [9.17, 15) is 21.6 Å². The third-order valence-corrected chi connectivity index (χ3v) is 6.83. The van der Waals surface area contributed by atoms with E-state index in [-0.39, 0.29) is 19.6 Å². The van der Waals surface area contributed by atoms with Gasteiger partial charge in [-0.25, -0.2) is 12.7 Å². The summed E-state index contributed by atoms with van der Waals surface area (Å²) in [6.45, 7) is -0.227. The van der Waals surface area contributed by atoms with Gasteiger partial charge in [0.05, 0.1) is 17.6 Å². The van der Waals surface area contributed by atoms with Gasteiger partial charge < -0.3 is 0 Å². The molecule has 2 aromatic rings. The Morgan fingerprint density at radius 2 is 2.04 bits per heavy atom. The molecule has 0 radical (unpaired) electrons. The predicted octanol–water partition coefficient (Wildman–Crippen LogP) is 1.82. The molecular formula is C15H19F3N4O2S. The maximum absolute atomic E-state index is 13.4. The summed E-state index contributed by atoms with van der Waals surface area (Å²) in [4.78, 5) is 1.54. The number of aromatic amines is 1. The molecular weight excluding hydrogens is 357 g/mol. The number of sulfonamides is 1. The lowest BCUT2D eigenvalue weighted by Gasteiger charge is -2.24. The Morgan fingerprint density at radius 1 is 1.32 bits per heavy atom. The molecule has 6 nitrogen and oxygen atoms in total. The molecule has 1 aliphatic rings. The van der Waals surface area contributed by atoms with Crippen molar-refractivity contribution >= 4 is 20.9 Å². The van der Waals surface area contributed by atoms with Crippen LogP contribution in [-0.2, 0) is 16.6 Å². The lowest BCUT2D eigenvalue weighted by Crippen LogP contribution is -2.43. The van der Waals surface area contributed by atoms with Crippen molar-refractivity contribution < 1.29 is 21.6 Å². The van der Waals surface area contributed by atoms with Crippen LogP contribution in [-0.4, -0.2) is 66.4 Å². The van der Waals surface area contributed by atoms with E-state index in [0.29, 0.717) is 0 Å². The Kier molecular flexibility index (Phi) is 4.54. The van der Waals surface area contributed by atoms with E-state index in [2.05, 4.69) is 10.2 Å². The van der Waals surface area contributed by atoms with Gasteiger partial charge in [-0.3, -0.25) is 10.00 Å². The molecule has 1 aromatic heterocycles. The molecule has 10 heteroatoms. The number of nitrogens with zero attached hydrogens (tertiary/aromatic N) is 3. The van der Waals surface area contributed by atoms with Crippen molar-refractivity contribution in [2.24, 2.45) is 5.92 Å². The first-order chi connectivity index (χ1) is 11.6. The van der Waals surface area contributed by atoms with Crippen molar-refractivity contribution in [3.8, 4) is 0 Å². The van der Waals surface area contributed by atoms with E-state index in [0.717, 1.165) is 20.8 Å². The van der Waals surface area contributed by atoms with Gasteiger partial charge in [0.2, 0.25) is 10.0 Å². The van der Waals surface area contributed by atoms with Crippen molar-refractivity contribution in [3.05, 3.63) is 30.0 Å². The minimum absolute atomic E-state index is 0.147. The lowest BCUT2D eigenvalue weighted by atomic mass is 10.1. The van der Waals surface area contributed by atoms with E-state index >= 15 is 0 Å². The average molecular weight is 376 g/mol. The molecule has 0 spiro atoms. The number of alkyl halides is 3. The highest BCUT2D eigenvalue weighted by molar-refractivity contribution is 7.89. The molecule has 0 bridgehead atoms. The van der Waals surface area contributed by atoms with Crippen molar-refractivity contribution in [1.82, 2.24) is 19.4 Å². The summed E-state index contributed by atoms with van der Waals surface area (Å²) in [5, 5.41) is 6.15. The van der Waals surface area contributed by atoms with E-state index < -0.39 is 27.4 Å². The first kappa shape index (κ1) is 18.2. The Hall–Kier alpha value is -1.65. The maximum atomic E-state index is 13.4. The van der Waals surface area contributed by atoms with Gasteiger partial charge >= 0.3 is 6.18 Å². The van der Waals surface area contributed by atoms with Crippen molar-refractivity contribution in [3.63, 3.8) is 0 Å². The van der Waals surface area contributed by atoms with E-state index in [1.807, 2.05) is 18.2 Å². The molecule has 1 aromatic carbocycles. The van der Waals surface area contributed by atoms with Gasteiger partial charge in [-0.15, -0.1) is 0 Å². The third-order valence-electron chi connectivity index (χ3n) is 4.57. The van der Waals surface area contributed by atoms with Gasteiger partial charge in [0.1, 0.15) is 5.25 Å². The average Bonchev–Trinajstić information content (AvgIpc) is 3.12. The fourth-order valence-corrected chi connectivity index (χ4v) is 4.81. The van der Waals surface area contributed by atoms with Crippen LogP contribution in [0.4, 0.5) is 13.2 Å². The standard InChI is InChI=1S/C15H19F3N4O2S/c1-21(2)25(23,24)14-9-22(8-12(14)15(16,17)18)7-10-3-4-11-6-19-20-13(11)5-10/h3-6,12,14H,7-9H2,1-2H3,(H,19,20)/t12-,14-/m1/s1. The number of hydrogen-bond donors (Lipinski definition) is 1. The fourth-order valence-electron chi connectivity index (χ4n) is 3.21. The fraction of sp³-hybridized carbons (Fsp3) is 0.533. The van der Waals surface area contributed by atoms with Crippen LogP contribution in [0.25, 0.3) is 10.9 Å². The van der Waals surface area contributed by atoms with Gasteiger partial charge in [0.15, 0.2) is 0 Å². The van der Waals surface area contributed by atoms with Gasteiger partial charge in [-0.05, 0) is 11.6 Å². The predicted molar refractivity (Wildman–Crippen MR) is 87.3 cm³/mol. The van der Waals surface area contributed by atoms with Crippen molar-refractivity contribution in [2.75, 3.05) is 27.2 Å². The highest BCUT2D eigenvalue weighted by atomic mass is 32.2. The summed E-state index contributed by atoms with van der Waals surface area (Å²) in [5.41, 5.74) is 1.60. The van der Waals surface area contributed by atoms with Gasteiger partial charge in [0, 0.05) is 39.1 Å². The van der Waals surface area contributed by atoms with Crippen LogP contribution in [0.1, 0.15) is 5.56 Å². The summed E-state index contributed by atoms with van der Waals surface area (Å²) in [6.07, 6.45) is -2.90. The number of rotatable bonds is 4. The molecule has 0 saturated carbocycles. The smallest absolute Gasteiger partial charge is 0.297 e. The largest absolute Gasteiger partial charge is 0.394 e. The highest BCUT2D eigenvalue weighted by Crippen LogP contribution is 2.38. The molecule has 1 N–H and O–H groups in total. The maximum Gasteiger partial charge on any atom is 0.394 e. The molecule has 2 atom stereocenters. The second-order valence-electron chi connectivity index (χ2n) is 6.50. The second-order valence-corrected chi connectivity index (χ2v) is 8.87. The molecule has 1 saturated heterocycles. The monoisotopic (exact) mass is 376 g/mol. The number of fused-ring (bicyclic) bond motifs is 1. The molecule has 1 fully saturated rings. The summed E-state index contributed by atoms with van der Waals surface area (Å²) >= 11 is 0. The zero-order valence-corrected chi connectivity index (χ0v) is 14.6. The molecule has 0 unspecified atom stereocenters. The van der Waals surface area contributed by atoms with Crippen LogP contribution in [0.5, 0.6) is 0 Å². The Labute approximate surface area is 143 Å². The van der Waals surface area contributed by atoms with Gasteiger partial charge in [0.25, 0.3) is 0 Å². The normalized spacial score (nSPS) is 23.0. The molecule has 0 aliphatic carbocycles. The van der Waals surface area contributed by atoms with Crippen LogP contribution in [0.3, 0.4) is 0 Å². The minimum atomic E-state index is -4.56. The highest BCUT2D eigenvalue weighted by Gasteiger charge is 2.54. The number of H-pyrrole nitrogens is 1. The van der Waals surface area contributed by atoms with Crippen LogP contribution in [0.2, 0.25) is 0 Å². The summed E-state index contributed by atoms with van der Waals surface area (Å²) < 4.78 is 65.6. The Balaban J connectivity index is 1.83. The zero-order valence-electron chi connectivity index (χ0n) is 13.8. The van der Waals surface area contributed by atoms with Gasteiger partial charge in [-0.1, -0.05) is 12.1 Å². The minimum Gasteiger partial charge on any atom is -0.297 e.